The molecule has 0 aliphatic rings. The molecule has 0 saturated heterocycles. The van der Waals surface area contributed by atoms with Crippen molar-refractivity contribution in [1.29, 1.82) is 0 Å². The zero-order chi connectivity index (χ0) is 27.5. The van der Waals surface area contributed by atoms with E-state index in [2.05, 4.69) is 26.0 Å². The number of hydrogen-bond donors (Lipinski definition) is 0. The molecule has 2 aromatic rings. The number of fused-ring (bicyclic) bond motifs is 1. The number of unbranched alkanes of at least 4 members (excludes halogenated alkanes) is 18. The Morgan fingerprint density at radius 2 is 0.923 bits per heavy atom. The van der Waals surface area contributed by atoms with Crippen molar-refractivity contribution in [2.75, 3.05) is 0 Å². The van der Waals surface area contributed by atoms with Crippen molar-refractivity contribution >= 4 is 20.9 Å². The van der Waals surface area contributed by atoms with Crippen LogP contribution in [0.4, 0.5) is 0 Å². The smallest absolute Gasteiger partial charge is 0.744 e. The number of benzene rings is 2. The van der Waals surface area contributed by atoms with E-state index in [4.69, 9.17) is 0 Å². The Bertz CT molecular complexity index is 998. The first kappa shape index (κ1) is 37.3. The van der Waals surface area contributed by atoms with Crippen molar-refractivity contribution in [3.63, 3.8) is 0 Å². The molecular weight excluding hydrogens is 528 g/mol. The molecule has 0 heterocycles. The first-order chi connectivity index (χ1) is 18.5. The molecule has 5 heteroatoms. The Kier molecular flexibility index (Phi) is 21.8. The molecule has 0 atom stereocenters. The van der Waals surface area contributed by atoms with Gasteiger partial charge in [-0.1, -0.05) is 154 Å². The quantitative estimate of drug-likeness (QED) is 0.0767. The van der Waals surface area contributed by atoms with E-state index in [1.54, 1.807) is 6.07 Å². The van der Waals surface area contributed by atoms with Crippen LogP contribution in [0.1, 0.15) is 153 Å². The van der Waals surface area contributed by atoms with Crippen LogP contribution < -0.4 is 51.4 Å². The summed E-state index contributed by atoms with van der Waals surface area (Å²) in [6.45, 7) is 4.52. The first-order valence-corrected chi connectivity index (χ1v) is 17.4. The minimum Gasteiger partial charge on any atom is -0.744 e. The predicted octanol–water partition coefficient (Wildman–Crippen LogP) is 7.67. The fourth-order valence-corrected chi connectivity index (χ4v) is 6.33. The third-order valence-electron chi connectivity index (χ3n) is 7.95. The van der Waals surface area contributed by atoms with E-state index in [1.165, 1.54) is 115 Å². The summed E-state index contributed by atoms with van der Waals surface area (Å²) in [6, 6.07) is 9.70. The minimum atomic E-state index is -4.50. The van der Waals surface area contributed by atoms with Gasteiger partial charge in [0.25, 0.3) is 0 Å². The van der Waals surface area contributed by atoms with E-state index in [-0.39, 0.29) is 56.3 Å². The summed E-state index contributed by atoms with van der Waals surface area (Å²) in [4.78, 5) is -0.0532. The van der Waals surface area contributed by atoms with Crippen molar-refractivity contribution in [2.24, 2.45) is 0 Å². The molecule has 0 saturated carbocycles. The molecule has 0 aromatic heterocycles. The van der Waals surface area contributed by atoms with Crippen LogP contribution in [0.3, 0.4) is 0 Å². The van der Waals surface area contributed by atoms with Gasteiger partial charge in [-0.2, -0.15) is 0 Å². The second-order valence-corrected chi connectivity index (χ2v) is 12.8. The molecule has 0 amide bonds. The average molecular weight is 583 g/mol. The third kappa shape index (κ3) is 16.5. The topological polar surface area (TPSA) is 57.2 Å². The Morgan fingerprint density at radius 1 is 0.538 bits per heavy atom. The average Bonchev–Trinajstić information content (AvgIpc) is 2.89. The number of rotatable bonds is 23. The Morgan fingerprint density at radius 3 is 1.36 bits per heavy atom. The van der Waals surface area contributed by atoms with E-state index in [0.29, 0.717) is 5.39 Å². The summed E-state index contributed by atoms with van der Waals surface area (Å²) in [7, 11) is -4.50. The molecule has 39 heavy (non-hydrogen) atoms. The van der Waals surface area contributed by atoms with Crippen molar-refractivity contribution in [3.8, 4) is 0 Å². The fourth-order valence-electron chi connectivity index (χ4n) is 5.58. The van der Waals surface area contributed by atoms with E-state index in [0.717, 1.165) is 43.1 Å². The molecule has 0 unspecified atom stereocenters. The molecule has 2 rings (SSSR count). The molecule has 0 aliphatic carbocycles. The van der Waals surface area contributed by atoms with Crippen LogP contribution in [0.2, 0.25) is 0 Å². The van der Waals surface area contributed by atoms with Crippen LogP contribution in [-0.4, -0.2) is 13.0 Å². The zero-order valence-corrected chi connectivity index (χ0v) is 29.5. The maximum absolute atomic E-state index is 12.0. The molecule has 0 fully saturated rings. The first-order valence-electron chi connectivity index (χ1n) is 16.0. The van der Waals surface area contributed by atoms with Crippen LogP contribution in [0.15, 0.2) is 35.2 Å². The van der Waals surface area contributed by atoms with Gasteiger partial charge in [-0.25, -0.2) is 8.42 Å². The van der Waals surface area contributed by atoms with Gasteiger partial charge in [0.2, 0.25) is 0 Å². The zero-order valence-electron chi connectivity index (χ0n) is 25.6. The summed E-state index contributed by atoms with van der Waals surface area (Å²) < 4.78 is 36.1. The molecule has 0 spiro atoms. The molecule has 0 N–H and O–H groups in total. The number of hydrogen-bond acceptors (Lipinski definition) is 3. The summed E-state index contributed by atoms with van der Waals surface area (Å²) in [5.74, 6) is 0. The maximum Gasteiger partial charge on any atom is 1.00 e. The van der Waals surface area contributed by atoms with Gasteiger partial charge in [-0.15, -0.1) is 0 Å². The van der Waals surface area contributed by atoms with Gasteiger partial charge in [-0.3, -0.25) is 0 Å². The Balaban J connectivity index is 0.00000760. The van der Waals surface area contributed by atoms with Crippen LogP contribution in [0.5, 0.6) is 0 Å². The SMILES string of the molecule is CCCCCCCCCCCCc1ccc2c(S(=O)(=O)[O-])cc(CCCCCCCCCCCC)cc2c1.[K+]. The van der Waals surface area contributed by atoms with Gasteiger partial charge in [0.05, 0.1) is 4.90 Å². The normalized spacial score (nSPS) is 11.7. The summed E-state index contributed by atoms with van der Waals surface area (Å²) in [6.07, 6.45) is 27.8. The Hall–Kier alpha value is 0.246. The van der Waals surface area contributed by atoms with E-state index < -0.39 is 10.1 Å². The van der Waals surface area contributed by atoms with Crippen LogP contribution in [0, 0.1) is 0 Å². The second-order valence-electron chi connectivity index (χ2n) is 11.5. The van der Waals surface area contributed by atoms with Gasteiger partial charge < -0.3 is 4.55 Å². The predicted molar refractivity (Wildman–Crippen MR) is 163 cm³/mol. The minimum absolute atomic E-state index is 0. The molecule has 0 radical (unpaired) electrons. The molecule has 2 aromatic carbocycles. The van der Waals surface area contributed by atoms with Gasteiger partial charge in [0, 0.05) is 0 Å². The summed E-state index contributed by atoms with van der Waals surface area (Å²) >= 11 is 0. The third-order valence-corrected chi connectivity index (χ3v) is 8.82. The molecule has 3 nitrogen and oxygen atoms in total. The molecule has 216 valence electrons. The van der Waals surface area contributed by atoms with Crippen molar-refractivity contribution in [2.45, 2.75) is 160 Å². The Labute approximate surface area is 283 Å². The standard InChI is InChI=1S/C34H56O3S.K/c1-3-5-7-9-11-13-15-17-19-21-23-30-25-26-33-32(27-30)28-31(29-34(33)38(35,36)37)24-22-20-18-16-14-12-10-8-6-4-2;/h25-29H,3-24H2,1-2H3,(H,35,36,37);/q;+1/p-1. The molecular formula is C34H55KO3S. The summed E-state index contributed by atoms with van der Waals surface area (Å²) in [5, 5.41) is 1.47. The molecule has 0 bridgehead atoms. The van der Waals surface area contributed by atoms with Gasteiger partial charge in [-0.05, 0) is 53.6 Å². The van der Waals surface area contributed by atoms with Crippen molar-refractivity contribution in [3.05, 3.63) is 41.5 Å². The van der Waals surface area contributed by atoms with Crippen LogP contribution in [0.25, 0.3) is 10.8 Å². The largest absolute Gasteiger partial charge is 1.00 e. The summed E-state index contributed by atoms with van der Waals surface area (Å²) in [5.41, 5.74) is 2.21. The van der Waals surface area contributed by atoms with Crippen molar-refractivity contribution < 1.29 is 64.4 Å². The second kappa shape index (κ2) is 22.8. The van der Waals surface area contributed by atoms with Crippen LogP contribution >= 0.6 is 0 Å². The van der Waals surface area contributed by atoms with Crippen LogP contribution in [-0.2, 0) is 23.0 Å². The number of aryl methyl sites for hydroxylation is 2. The van der Waals surface area contributed by atoms with Gasteiger partial charge >= 0.3 is 51.4 Å². The van der Waals surface area contributed by atoms with Gasteiger partial charge in [0.1, 0.15) is 10.1 Å². The fraction of sp³-hybridized carbons (Fsp3) is 0.706. The maximum atomic E-state index is 12.0. The van der Waals surface area contributed by atoms with E-state index in [9.17, 15) is 13.0 Å². The van der Waals surface area contributed by atoms with Gasteiger partial charge in [0.15, 0.2) is 0 Å². The monoisotopic (exact) mass is 582 g/mol. The van der Waals surface area contributed by atoms with Crippen molar-refractivity contribution in [1.82, 2.24) is 0 Å². The van der Waals surface area contributed by atoms with E-state index in [1.807, 2.05) is 12.1 Å². The van der Waals surface area contributed by atoms with E-state index >= 15 is 0 Å². The molecule has 0 aliphatic heterocycles.